The van der Waals surface area contributed by atoms with E-state index in [4.69, 9.17) is 9.97 Å². The van der Waals surface area contributed by atoms with Gasteiger partial charge < -0.3 is 4.57 Å². The molecule has 0 radical (unpaired) electrons. The zero-order valence-corrected chi connectivity index (χ0v) is 32.9. The molecule has 8 aromatic carbocycles. The van der Waals surface area contributed by atoms with Gasteiger partial charge in [0.1, 0.15) is 0 Å². The van der Waals surface area contributed by atoms with Gasteiger partial charge in [-0.25, -0.2) is 9.97 Å². The van der Waals surface area contributed by atoms with Crippen LogP contribution in [0.1, 0.15) is 0 Å². The second-order valence-corrected chi connectivity index (χ2v) is 15.4. The van der Waals surface area contributed by atoms with Gasteiger partial charge in [0.25, 0.3) is 5.56 Å². The summed E-state index contributed by atoms with van der Waals surface area (Å²) in [6, 6.07) is 72.7. The maximum absolute atomic E-state index is 15.4. The summed E-state index contributed by atoms with van der Waals surface area (Å²) in [5.74, 6) is 0.491. The van der Waals surface area contributed by atoms with E-state index < -0.39 is 0 Å². The number of fused-ring (bicyclic) bond motifs is 8. The number of hydrogen-bond donors (Lipinski definition) is 0. The van der Waals surface area contributed by atoms with E-state index >= 15 is 4.79 Å². The highest BCUT2D eigenvalue weighted by Gasteiger charge is 2.24. The predicted octanol–water partition coefficient (Wildman–Crippen LogP) is 13.0. The molecule has 0 bridgehead atoms. The third-order valence-electron chi connectivity index (χ3n) is 11.9. The average molecular weight is 782 g/mol. The first-order chi connectivity index (χ1) is 30.2. The summed E-state index contributed by atoms with van der Waals surface area (Å²) in [5.41, 5.74) is 12.1. The van der Waals surface area contributed by atoms with Crippen molar-refractivity contribution in [2.24, 2.45) is 0 Å². The number of benzene rings is 8. The molecule has 0 amide bonds. The van der Waals surface area contributed by atoms with Gasteiger partial charge >= 0.3 is 0 Å². The second-order valence-electron chi connectivity index (χ2n) is 15.4. The number of hydrogen-bond acceptors (Lipinski definition) is 3. The van der Waals surface area contributed by atoms with Crippen molar-refractivity contribution in [1.29, 1.82) is 0 Å². The molecule has 0 fully saturated rings. The highest BCUT2D eigenvalue weighted by Crippen LogP contribution is 2.40. The number of para-hydroxylation sites is 4. The summed E-state index contributed by atoms with van der Waals surface area (Å²) in [6.07, 6.45) is 0. The molecule has 0 saturated heterocycles. The van der Waals surface area contributed by atoms with Gasteiger partial charge in [0, 0.05) is 44.0 Å². The first-order valence-electron chi connectivity index (χ1n) is 20.5. The minimum atomic E-state index is -0.107. The molecule has 0 aliphatic carbocycles. The van der Waals surface area contributed by atoms with Crippen molar-refractivity contribution in [2.45, 2.75) is 0 Å². The van der Waals surface area contributed by atoms with E-state index in [1.807, 2.05) is 102 Å². The van der Waals surface area contributed by atoms with Crippen molar-refractivity contribution in [3.8, 4) is 51.0 Å². The van der Waals surface area contributed by atoms with Crippen LogP contribution in [0.5, 0.6) is 0 Å². The Morgan fingerprint density at radius 3 is 1.36 bits per heavy atom. The van der Waals surface area contributed by atoms with Gasteiger partial charge in [-0.05, 0) is 77.9 Å². The summed E-state index contributed by atoms with van der Waals surface area (Å²) in [6.45, 7) is 0. The molecule has 0 spiro atoms. The monoisotopic (exact) mass is 781 g/mol. The van der Waals surface area contributed by atoms with Gasteiger partial charge in [-0.1, -0.05) is 146 Å². The molecular weight excluding hydrogens is 747 g/mol. The van der Waals surface area contributed by atoms with E-state index in [0.29, 0.717) is 11.3 Å². The van der Waals surface area contributed by atoms with Crippen LogP contribution in [-0.4, -0.2) is 23.7 Å². The molecule has 4 aromatic heterocycles. The molecule has 0 unspecified atom stereocenters. The summed E-state index contributed by atoms with van der Waals surface area (Å²) < 4.78 is 6.27. The molecule has 0 aliphatic heterocycles. The topological polar surface area (TPSA) is 57.6 Å². The molecule has 0 aliphatic rings. The van der Waals surface area contributed by atoms with Crippen LogP contribution in [0, 0.1) is 0 Å². The summed E-state index contributed by atoms with van der Waals surface area (Å²) >= 11 is 0. The lowest BCUT2D eigenvalue weighted by atomic mass is 10.0. The van der Waals surface area contributed by atoms with Crippen molar-refractivity contribution in [1.82, 2.24) is 23.7 Å². The van der Waals surface area contributed by atoms with Crippen LogP contribution >= 0.6 is 0 Å². The number of rotatable bonds is 6. The summed E-state index contributed by atoms with van der Waals surface area (Å²) in [4.78, 5) is 26.0. The molecule has 6 nitrogen and oxygen atoms in total. The van der Waals surface area contributed by atoms with Gasteiger partial charge in [-0.15, -0.1) is 0 Å². The van der Waals surface area contributed by atoms with Crippen LogP contribution in [0.15, 0.2) is 217 Å². The molecular formula is C55H35N5O. The van der Waals surface area contributed by atoms with Crippen LogP contribution in [0.3, 0.4) is 0 Å². The lowest BCUT2D eigenvalue weighted by molar-refractivity contribution is 0.994. The van der Waals surface area contributed by atoms with Crippen LogP contribution < -0.4 is 5.56 Å². The lowest BCUT2D eigenvalue weighted by Crippen LogP contribution is -2.19. The van der Waals surface area contributed by atoms with Gasteiger partial charge in [-0.2, -0.15) is 0 Å². The van der Waals surface area contributed by atoms with Gasteiger partial charge in [0.15, 0.2) is 0 Å². The third-order valence-corrected chi connectivity index (χ3v) is 11.9. The lowest BCUT2D eigenvalue weighted by Gasteiger charge is -2.15. The maximum atomic E-state index is 15.4. The number of nitrogens with zero attached hydrogens (tertiary/aromatic N) is 5. The molecule has 286 valence electrons. The minimum Gasteiger partial charge on any atom is -0.309 e. The molecule has 0 saturated carbocycles. The number of pyridine rings is 1. The van der Waals surface area contributed by atoms with Crippen LogP contribution in [0.25, 0.3) is 105 Å². The van der Waals surface area contributed by atoms with Crippen molar-refractivity contribution >= 4 is 54.5 Å². The fourth-order valence-electron chi connectivity index (χ4n) is 9.13. The molecule has 12 rings (SSSR count). The normalized spacial score (nSPS) is 11.7. The fourth-order valence-corrected chi connectivity index (χ4v) is 9.13. The van der Waals surface area contributed by atoms with E-state index in [9.17, 15) is 0 Å². The first-order valence-corrected chi connectivity index (χ1v) is 20.5. The SMILES string of the molecule is O=c1c2c3cc(-c4ccc5c(c4)c4ccccc4n5-c4ccccc4)ccc3n(-c3nc(-c4ccccc4)cc(-c4ccccc4)n3)c2c2ccccc2n1-c1ccccc1. The minimum absolute atomic E-state index is 0.107. The van der Waals surface area contributed by atoms with E-state index in [1.165, 1.54) is 5.39 Å². The molecule has 61 heavy (non-hydrogen) atoms. The van der Waals surface area contributed by atoms with E-state index in [0.717, 1.165) is 88.8 Å². The molecule has 4 heterocycles. The Kier molecular flexibility index (Phi) is 7.90. The zero-order chi connectivity index (χ0) is 40.4. The van der Waals surface area contributed by atoms with Crippen LogP contribution in [0.4, 0.5) is 0 Å². The zero-order valence-electron chi connectivity index (χ0n) is 32.9. The Hall–Kier alpha value is -8.35. The van der Waals surface area contributed by atoms with Gasteiger partial charge in [0.2, 0.25) is 5.95 Å². The molecule has 6 heteroatoms. The third kappa shape index (κ3) is 5.54. The van der Waals surface area contributed by atoms with Crippen LogP contribution in [-0.2, 0) is 0 Å². The Balaban J connectivity index is 1.17. The van der Waals surface area contributed by atoms with Crippen molar-refractivity contribution in [3.63, 3.8) is 0 Å². The smallest absolute Gasteiger partial charge is 0.265 e. The second kappa shape index (κ2) is 13.9. The Morgan fingerprint density at radius 2 is 0.770 bits per heavy atom. The fraction of sp³-hybridized carbons (Fsp3) is 0. The Labute approximate surface area is 350 Å². The molecule has 0 N–H and O–H groups in total. The largest absolute Gasteiger partial charge is 0.309 e. The van der Waals surface area contributed by atoms with E-state index in [2.05, 4.69) is 124 Å². The van der Waals surface area contributed by atoms with Crippen molar-refractivity contribution in [2.75, 3.05) is 0 Å². The first kappa shape index (κ1) is 34.7. The van der Waals surface area contributed by atoms with Crippen molar-refractivity contribution < 1.29 is 0 Å². The predicted molar refractivity (Wildman–Crippen MR) is 250 cm³/mol. The van der Waals surface area contributed by atoms with E-state index in [1.54, 1.807) is 0 Å². The highest BCUT2D eigenvalue weighted by atomic mass is 16.1. The standard InChI is InChI=1S/C55H35N5O/c61-54-52-45-34-39(38-29-31-50-44(33-38)42-25-13-15-27-48(42)58(50)40-21-9-3-10-22-40)30-32-51(45)60(53(52)43-26-14-16-28-49(43)59(54)41-23-11-4-12-24-41)55-56-46(36-17-5-1-6-18-36)35-47(57-55)37-19-7-2-8-20-37/h1-35H. The highest BCUT2D eigenvalue weighted by molar-refractivity contribution is 6.18. The number of aromatic nitrogens is 5. The molecule has 12 aromatic rings. The Morgan fingerprint density at radius 1 is 0.328 bits per heavy atom. The summed E-state index contributed by atoms with van der Waals surface area (Å²) in [7, 11) is 0. The Bertz CT molecular complexity index is 3640. The quantitative estimate of drug-likeness (QED) is 0.169. The average Bonchev–Trinajstić information content (AvgIpc) is 3.86. The summed E-state index contributed by atoms with van der Waals surface area (Å²) in [5, 5.41) is 4.70. The molecule has 0 atom stereocenters. The van der Waals surface area contributed by atoms with Gasteiger partial charge in [0.05, 0.1) is 44.4 Å². The van der Waals surface area contributed by atoms with Crippen molar-refractivity contribution in [3.05, 3.63) is 223 Å². The van der Waals surface area contributed by atoms with E-state index in [-0.39, 0.29) is 5.56 Å². The maximum Gasteiger partial charge on any atom is 0.265 e. The van der Waals surface area contributed by atoms with Gasteiger partial charge in [-0.3, -0.25) is 13.9 Å². The van der Waals surface area contributed by atoms with Crippen LogP contribution in [0.2, 0.25) is 0 Å².